The predicted octanol–water partition coefficient (Wildman–Crippen LogP) is 0.750. The number of amides is 3. The van der Waals surface area contributed by atoms with Crippen molar-refractivity contribution in [3.8, 4) is 0 Å². The quantitative estimate of drug-likeness (QED) is 0.668. The summed E-state index contributed by atoms with van der Waals surface area (Å²) in [5, 5.41) is 4.51. The lowest BCUT2D eigenvalue weighted by molar-refractivity contribution is -0.117. The number of imide groups is 1. The summed E-state index contributed by atoms with van der Waals surface area (Å²) < 4.78 is 0. The normalized spacial score (nSPS) is 9.00. The number of anilines is 1. The van der Waals surface area contributed by atoms with E-state index >= 15 is 0 Å². The molecule has 0 radical (unpaired) electrons. The second-order valence-corrected chi connectivity index (χ2v) is 2.38. The second kappa shape index (κ2) is 4.20. The molecule has 0 aliphatic carbocycles. The van der Waals surface area contributed by atoms with Gasteiger partial charge in [-0.25, -0.2) is 4.79 Å². The predicted molar refractivity (Wildman–Crippen MR) is 47.1 cm³/mol. The minimum Gasteiger partial charge on any atom is -0.306 e. The Morgan fingerprint density at radius 2 is 2.23 bits per heavy atom. The Labute approximate surface area is 75.2 Å². The van der Waals surface area contributed by atoms with Gasteiger partial charge >= 0.3 is 6.03 Å². The molecule has 1 rings (SSSR count). The summed E-state index contributed by atoms with van der Waals surface area (Å²) in [5.41, 5.74) is 0.543. The van der Waals surface area contributed by atoms with Crippen molar-refractivity contribution < 1.29 is 9.59 Å². The van der Waals surface area contributed by atoms with Gasteiger partial charge in [0.2, 0.25) is 5.91 Å². The van der Waals surface area contributed by atoms with Crippen molar-refractivity contribution in [1.29, 1.82) is 0 Å². The van der Waals surface area contributed by atoms with Crippen LogP contribution in [0.5, 0.6) is 0 Å². The molecule has 0 spiro atoms. The van der Waals surface area contributed by atoms with E-state index in [0.29, 0.717) is 5.69 Å². The van der Waals surface area contributed by atoms with Crippen LogP contribution in [-0.4, -0.2) is 16.9 Å². The molecule has 3 amide bonds. The molecule has 1 heterocycles. The number of aromatic nitrogens is 1. The smallest absolute Gasteiger partial charge is 0.306 e. The monoisotopic (exact) mass is 179 g/mol. The van der Waals surface area contributed by atoms with Crippen molar-refractivity contribution in [1.82, 2.24) is 10.3 Å². The first kappa shape index (κ1) is 9.18. The molecule has 0 unspecified atom stereocenters. The molecular weight excluding hydrogens is 170 g/mol. The third-order valence-electron chi connectivity index (χ3n) is 1.21. The van der Waals surface area contributed by atoms with Crippen LogP contribution in [0, 0.1) is 0 Å². The third kappa shape index (κ3) is 3.33. The van der Waals surface area contributed by atoms with E-state index in [0.717, 1.165) is 0 Å². The maximum atomic E-state index is 11.0. The first-order valence-corrected chi connectivity index (χ1v) is 3.67. The zero-order chi connectivity index (χ0) is 9.68. The van der Waals surface area contributed by atoms with Crippen LogP contribution in [0.2, 0.25) is 0 Å². The number of nitrogens with one attached hydrogen (secondary N) is 2. The van der Waals surface area contributed by atoms with Crippen LogP contribution in [0.4, 0.5) is 10.5 Å². The van der Waals surface area contributed by atoms with Gasteiger partial charge in [-0.05, 0) is 12.1 Å². The fourth-order valence-corrected chi connectivity index (χ4v) is 0.759. The highest BCUT2D eigenvalue weighted by Crippen LogP contribution is 2.01. The van der Waals surface area contributed by atoms with Gasteiger partial charge in [-0.3, -0.25) is 15.1 Å². The van der Waals surface area contributed by atoms with Gasteiger partial charge in [0, 0.05) is 13.1 Å². The molecule has 2 N–H and O–H groups in total. The number of carbonyl (C=O) groups excluding carboxylic acids is 2. The highest BCUT2D eigenvalue weighted by atomic mass is 16.2. The molecule has 68 valence electrons. The number of hydrogen-bond donors (Lipinski definition) is 2. The molecule has 5 heteroatoms. The van der Waals surface area contributed by atoms with E-state index in [9.17, 15) is 9.59 Å². The van der Waals surface area contributed by atoms with Crippen LogP contribution in [0.1, 0.15) is 6.92 Å². The molecule has 5 nitrogen and oxygen atoms in total. The van der Waals surface area contributed by atoms with Gasteiger partial charge < -0.3 is 5.32 Å². The minimum atomic E-state index is -0.555. The van der Waals surface area contributed by atoms with Crippen molar-refractivity contribution in [2.75, 3.05) is 5.32 Å². The van der Waals surface area contributed by atoms with Gasteiger partial charge in [0.15, 0.2) is 0 Å². The average molecular weight is 179 g/mol. The molecule has 0 fully saturated rings. The fourth-order valence-electron chi connectivity index (χ4n) is 0.759. The molecular formula is C8H9N3O2. The van der Waals surface area contributed by atoms with Crippen molar-refractivity contribution in [3.63, 3.8) is 0 Å². The lowest BCUT2D eigenvalue weighted by Gasteiger charge is -2.02. The Morgan fingerprint density at radius 1 is 1.46 bits per heavy atom. The zero-order valence-corrected chi connectivity index (χ0v) is 7.07. The van der Waals surface area contributed by atoms with Crippen LogP contribution in [0.15, 0.2) is 24.5 Å². The van der Waals surface area contributed by atoms with Gasteiger partial charge in [0.25, 0.3) is 0 Å². The van der Waals surface area contributed by atoms with Gasteiger partial charge in [0.05, 0.1) is 11.9 Å². The summed E-state index contributed by atoms with van der Waals surface area (Å²) in [6, 6.07) is 2.80. The second-order valence-electron chi connectivity index (χ2n) is 2.38. The van der Waals surface area contributed by atoms with Crippen LogP contribution in [-0.2, 0) is 4.79 Å². The van der Waals surface area contributed by atoms with Crippen molar-refractivity contribution >= 4 is 17.6 Å². The van der Waals surface area contributed by atoms with Crippen LogP contribution >= 0.6 is 0 Å². The summed E-state index contributed by atoms with van der Waals surface area (Å²) in [7, 11) is 0. The minimum absolute atomic E-state index is 0.401. The topological polar surface area (TPSA) is 71.1 Å². The summed E-state index contributed by atoms with van der Waals surface area (Å²) in [4.78, 5) is 25.2. The molecule has 0 saturated carbocycles. The Morgan fingerprint density at radius 3 is 2.77 bits per heavy atom. The van der Waals surface area contributed by atoms with Crippen molar-refractivity contribution in [2.45, 2.75) is 6.92 Å². The van der Waals surface area contributed by atoms with Gasteiger partial charge in [-0.2, -0.15) is 0 Å². The SMILES string of the molecule is CC(=O)NC(=O)Nc1cccnc1. The Hall–Kier alpha value is -1.91. The van der Waals surface area contributed by atoms with E-state index in [1.54, 1.807) is 18.3 Å². The number of hydrogen-bond acceptors (Lipinski definition) is 3. The van der Waals surface area contributed by atoms with E-state index in [1.165, 1.54) is 13.1 Å². The number of rotatable bonds is 1. The maximum absolute atomic E-state index is 11.0. The van der Waals surface area contributed by atoms with E-state index < -0.39 is 11.9 Å². The lowest BCUT2D eigenvalue weighted by atomic mass is 10.4. The maximum Gasteiger partial charge on any atom is 0.325 e. The fraction of sp³-hybridized carbons (Fsp3) is 0.125. The Bertz CT molecular complexity index is 310. The van der Waals surface area contributed by atoms with Crippen molar-refractivity contribution in [2.24, 2.45) is 0 Å². The van der Waals surface area contributed by atoms with Crippen LogP contribution in [0.25, 0.3) is 0 Å². The number of urea groups is 1. The number of pyridine rings is 1. The summed E-state index contributed by atoms with van der Waals surface area (Å²) in [6.45, 7) is 1.27. The van der Waals surface area contributed by atoms with E-state index in [4.69, 9.17) is 0 Å². The molecule has 13 heavy (non-hydrogen) atoms. The first-order chi connectivity index (χ1) is 6.18. The lowest BCUT2D eigenvalue weighted by Crippen LogP contribution is -2.32. The van der Waals surface area contributed by atoms with Crippen LogP contribution < -0.4 is 10.6 Å². The standard InChI is InChI=1S/C8H9N3O2/c1-6(12)10-8(13)11-7-3-2-4-9-5-7/h2-5H,1H3,(H2,10,11,12,13). The van der Waals surface area contributed by atoms with E-state index in [2.05, 4.69) is 15.6 Å². The van der Waals surface area contributed by atoms with Gasteiger partial charge in [0.1, 0.15) is 0 Å². The Balaban J connectivity index is 2.50. The highest BCUT2D eigenvalue weighted by Gasteiger charge is 2.01. The molecule has 0 aliphatic heterocycles. The molecule has 0 atom stereocenters. The van der Waals surface area contributed by atoms with E-state index in [1.807, 2.05) is 0 Å². The molecule has 0 saturated heterocycles. The number of nitrogens with zero attached hydrogens (tertiary/aromatic N) is 1. The van der Waals surface area contributed by atoms with Crippen LogP contribution in [0.3, 0.4) is 0 Å². The Kier molecular flexibility index (Phi) is 2.97. The zero-order valence-electron chi connectivity index (χ0n) is 7.07. The van der Waals surface area contributed by atoms with E-state index in [-0.39, 0.29) is 0 Å². The molecule has 1 aromatic rings. The molecule has 0 bridgehead atoms. The third-order valence-corrected chi connectivity index (χ3v) is 1.21. The molecule has 0 aromatic carbocycles. The van der Waals surface area contributed by atoms with Gasteiger partial charge in [-0.15, -0.1) is 0 Å². The first-order valence-electron chi connectivity index (χ1n) is 3.67. The molecule has 0 aliphatic rings. The van der Waals surface area contributed by atoms with Crippen molar-refractivity contribution in [3.05, 3.63) is 24.5 Å². The largest absolute Gasteiger partial charge is 0.325 e. The number of carbonyl (C=O) groups is 2. The summed E-state index contributed by atoms with van der Waals surface area (Å²) in [6.07, 6.45) is 3.08. The average Bonchev–Trinajstić information content (AvgIpc) is 2.04. The molecule has 1 aromatic heterocycles. The summed E-state index contributed by atoms with van der Waals surface area (Å²) >= 11 is 0. The highest BCUT2D eigenvalue weighted by molar-refractivity contribution is 6.00. The van der Waals surface area contributed by atoms with Gasteiger partial charge in [-0.1, -0.05) is 0 Å². The summed E-state index contributed by atoms with van der Waals surface area (Å²) in [5.74, 6) is -0.401.